The van der Waals surface area contributed by atoms with E-state index in [4.69, 9.17) is 0 Å². The molecule has 1 aliphatic rings. The van der Waals surface area contributed by atoms with E-state index in [1.54, 1.807) is 6.20 Å². The highest BCUT2D eigenvalue weighted by Crippen LogP contribution is 2.17. The van der Waals surface area contributed by atoms with Gasteiger partial charge in [0.1, 0.15) is 0 Å². The van der Waals surface area contributed by atoms with Crippen LogP contribution in [0.3, 0.4) is 0 Å². The van der Waals surface area contributed by atoms with Crippen molar-refractivity contribution in [3.05, 3.63) is 48.5 Å². The summed E-state index contributed by atoms with van der Waals surface area (Å²) >= 11 is 0. The number of nitrogens with one attached hydrogen (secondary N) is 2. The van der Waals surface area contributed by atoms with Gasteiger partial charge in [0.25, 0.3) is 0 Å². The molecular formula is C18H25N5. The molecule has 0 aliphatic heterocycles. The average molecular weight is 311 g/mol. The highest BCUT2D eigenvalue weighted by atomic mass is 15.2. The fourth-order valence-corrected chi connectivity index (χ4v) is 3.13. The summed E-state index contributed by atoms with van der Waals surface area (Å²) in [5.74, 6) is 0.886. The van der Waals surface area contributed by atoms with E-state index in [1.165, 1.54) is 37.7 Å². The summed E-state index contributed by atoms with van der Waals surface area (Å²) in [4.78, 5) is 8.50. The Morgan fingerprint density at radius 3 is 2.83 bits per heavy atom. The van der Waals surface area contributed by atoms with Crippen LogP contribution in [0.4, 0.5) is 0 Å². The summed E-state index contributed by atoms with van der Waals surface area (Å²) < 4.78 is 2.04. The zero-order valence-electron chi connectivity index (χ0n) is 13.7. The van der Waals surface area contributed by atoms with Gasteiger partial charge in [-0.3, -0.25) is 4.99 Å². The fourth-order valence-electron chi connectivity index (χ4n) is 3.13. The standard InChI is InChI=1S/C18H25N5/c1-19-18(22-16-8-3-2-4-9-16)21-13-15-7-5-6-10-17(15)23-12-11-20-14-23/h5-7,10-12,14,16H,2-4,8-9,13H2,1H3,(H2,19,21,22). The largest absolute Gasteiger partial charge is 0.354 e. The second-order valence-electron chi connectivity index (χ2n) is 6.00. The predicted octanol–water partition coefficient (Wildman–Crippen LogP) is 2.87. The van der Waals surface area contributed by atoms with Gasteiger partial charge in [-0.2, -0.15) is 0 Å². The molecule has 2 aromatic rings. The van der Waals surface area contributed by atoms with Crippen LogP contribution < -0.4 is 10.6 Å². The van der Waals surface area contributed by atoms with Gasteiger partial charge in [-0.25, -0.2) is 4.98 Å². The lowest BCUT2D eigenvalue weighted by molar-refractivity contribution is 0.410. The molecule has 1 heterocycles. The lowest BCUT2D eigenvalue weighted by Crippen LogP contribution is -2.43. The van der Waals surface area contributed by atoms with Crippen LogP contribution in [0, 0.1) is 0 Å². The number of nitrogens with zero attached hydrogens (tertiary/aromatic N) is 3. The molecule has 0 bridgehead atoms. The molecule has 1 aromatic carbocycles. The average Bonchev–Trinajstić information content (AvgIpc) is 3.14. The molecule has 5 heteroatoms. The maximum absolute atomic E-state index is 4.36. The minimum Gasteiger partial charge on any atom is -0.354 e. The van der Waals surface area contributed by atoms with E-state index in [2.05, 4.69) is 38.8 Å². The molecule has 1 fully saturated rings. The van der Waals surface area contributed by atoms with Crippen molar-refractivity contribution < 1.29 is 0 Å². The molecule has 0 saturated heterocycles. The van der Waals surface area contributed by atoms with E-state index in [-0.39, 0.29) is 0 Å². The van der Waals surface area contributed by atoms with Crippen LogP contribution in [0.15, 0.2) is 48.0 Å². The van der Waals surface area contributed by atoms with Gasteiger partial charge in [0.05, 0.1) is 12.0 Å². The Bertz CT molecular complexity index is 627. The van der Waals surface area contributed by atoms with Crippen LogP contribution in [0.5, 0.6) is 0 Å². The first-order valence-corrected chi connectivity index (χ1v) is 8.40. The Hall–Kier alpha value is -2.30. The third-order valence-corrected chi connectivity index (χ3v) is 4.39. The Labute approximate surface area is 137 Å². The van der Waals surface area contributed by atoms with Crippen LogP contribution in [0.1, 0.15) is 37.7 Å². The molecule has 122 valence electrons. The monoisotopic (exact) mass is 311 g/mol. The summed E-state index contributed by atoms with van der Waals surface area (Å²) in [6.45, 7) is 0.737. The maximum atomic E-state index is 4.36. The number of imidazole rings is 1. The van der Waals surface area contributed by atoms with Gasteiger partial charge < -0.3 is 15.2 Å². The van der Waals surface area contributed by atoms with Crippen molar-refractivity contribution in [1.82, 2.24) is 20.2 Å². The number of rotatable bonds is 4. The normalized spacial score (nSPS) is 16.3. The SMILES string of the molecule is CN=C(NCc1ccccc1-n1ccnc1)NC1CCCCC1. The molecular weight excluding hydrogens is 286 g/mol. The Morgan fingerprint density at radius 1 is 1.26 bits per heavy atom. The Kier molecular flexibility index (Phi) is 5.29. The zero-order valence-corrected chi connectivity index (χ0v) is 13.7. The molecule has 3 rings (SSSR count). The quantitative estimate of drug-likeness (QED) is 0.674. The number of aliphatic imine (C=N–C) groups is 1. The molecule has 0 spiro atoms. The number of para-hydroxylation sites is 1. The minimum absolute atomic E-state index is 0.554. The number of guanidine groups is 1. The zero-order chi connectivity index (χ0) is 15.9. The highest BCUT2D eigenvalue weighted by Gasteiger charge is 2.14. The van der Waals surface area contributed by atoms with E-state index in [9.17, 15) is 0 Å². The summed E-state index contributed by atoms with van der Waals surface area (Å²) in [6, 6.07) is 8.91. The summed E-state index contributed by atoms with van der Waals surface area (Å²) in [5, 5.41) is 6.99. The molecule has 0 amide bonds. The van der Waals surface area contributed by atoms with E-state index >= 15 is 0 Å². The first kappa shape index (κ1) is 15.6. The number of benzene rings is 1. The Morgan fingerprint density at radius 2 is 2.09 bits per heavy atom. The van der Waals surface area contributed by atoms with Crippen molar-refractivity contribution in [2.24, 2.45) is 4.99 Å². The fraction of sp³-hybridized carbons (Fsp3) is 0.444. The van der Waals surface area contributed by atoms with Crippen LogP contribution >= 0.6 is 0 Å². The first-order chi connectivity index (χ1) is 11.4. The molecule has 1 saturated carbocycles. The minimum atomic E-state index is 0.554. The van der Waals surface area contributed by atoms with Gasteiger partial charge in [0, 0.05) is 32.0 Å². The van der Waals surface area contributed by atoms with Gasteiger partial charge in [-0.05, 0) is 24.5 Å². The van der Waals surface area contributed by atoms with Crippen molar-refractivity contribution in [1.29, 1.82) is 0 Å². The number of hydrogen-bond acceptors (Lipinski definition) is 2. The van der Waals surface area contributed by atoms with Crippen molar-refractivity contribution in [2.75, 3.05) is 7.05 Å². The number of hydrogen-bond donors (Lipinski definition) is 2. The number of aromatic nitrogens is 2. The highest BCUT2D eigenvalue weighted by molar-refractivity contribution is 5.80. The molecule has 0 unspecified atom stereocenters. The molecule has 2 N–H and O–H groups in total. The van der Waals surface area contributed by atoms with Gasteiger partial charge in [0.15, 0.2) is 5.96 Å². The maximum Gasteiger partial charge on any atom is 0.191 e. The molecule has 5 nitrogen and oxygen atoms in total. The van der Waals surface area contributed by atoms with Gasteiger partial charge in [0.2, 0.25) is 0 Å². The van der Waals surface area contributed by atoms with Crippen molar-refractivity contribution in [3.8, 4) is 5.69 Å². The molecule has 0 radical (unpaired) electrons. The summed E-state index contributed by atoms with van der Waals surface area (Å²) in [6.07, 6.45) is 12.1. The predicted molar refractivity (Wildman–Crippen MR) is 93.8 cm³/mol. The molecule has 0 atom stereocenters. The lowest BCUT2D eigenvalue weighted by atomic mass is 9.96. The lowest BCUT2D eigenvalue weighted by Gasteiger charge is -2.25. The smallest absolute Gasteiger partial charge is 0.191 e. The van der Waals surface area contributed by atoms with Crippen molar-refractivity contribution >= 4 is 5.96 Å². The van der Waals surface area contributed by atoms with E-state index in [0.717, 1.165) is 18.2 Å². The van der Waals surface area contributed by atoms with Gasteiger partial charge in [-0.1, -0.05) is 37.5 Å². The molecule has 1 aromatic heterocycles. The van der Waals surface area contributed by atoms with Crippen LogP contribution in [0.25, 0.3) is 5.69 Å². The second-order valence-corrected chi connectivity index (χ2v) is 6.00. The van der Waals surface area contributed by atoms with Crippen molar-refractivity contribution in [2.45, 2.75) is 44.7 Å². The van der Waals surface area contributed by atoms with E-state index < -0.39 is 0 Å². The summed E-state index contributed by atoms with van der Waals surface area (Å²) in [7, 11) is 1.83. The molecule has 23 heavy (non-hydrogen) atoms. The van der Waals surface area contributed by atoms with Gasteiger partial charge >= 0.3 is 0 Å². The van der Waals surface area contributed by atoms with Gasteiger partial charge in [-0.15, -0.1) is 0 Å². The van der Waals surface area contributed by atoms with Crippen LogP contribution in [-0.2, 0) is 6.54 Å². The Balaban J connectivity index is 1.63. The van der Waals surface area contributed by atoms with Crippen molar-refractivity contribution in [3.63, 3.8) is 0 Å². The topological polar surface area (TPSA) is 54.2 Å². The van der Waals surface area contributed by atoms with E-state index in [1.807, 2.05) is 30.2 Å². The first-order valence-electron chi connectivity index (χ1n) is 8.40. The van der Waals surface area contributed by atoms with Crippen LogP contribution in [-0.4, -0.2) is 28.6 Å². The van der Waals surface area contributed by atoms with E-state index in [0.29, 0.717) is 6.04 Å². The summed E-state index contributed by atoms with van der Waals surface area (Å²) in [5.41, 5.74) is 2.36. The third kappa shape index (κ3) is 4.12. The van der Waals surface area contributed by atoms with Crippen LogP contribution in [0.2, 0.25) is 0 Å². The second kappa shape index (κ2) is 7.81. The molecule has 1 aliphatic carbocycles. The third-order valence-electron chi connectivity index (χ3n) is 4.39.